The molecular formula is C69H68BN3. The molecule has 4 heteroatoms. The fourth-order valence-electron chi connectivity index (χ4n) is 15.9. The first-order valence-electron chi connectivity index (χ1n) is 27.4. The number of fused-ring (bicyclic) bond motifs is 12. The highest BCUT2D eigenvalue weighted by Crippen LogP contribution is 2.67. The van der Waals surface area contributed by atoms with Gasteiger partial charge in [-0.2, -0.15) is 0 Å². The summed E-state index contributed by atoms with van der Waals surface area (Å²) in [5, 5.41) is 0. The number of aryl methyl sites for hydroxylation is 1. The Bertz CT molecular complexity index is 3580. The van der Waals surface area contributed by atoms with Gasteiger partial charge >= 0.3 is 0 Å². The van der Waals surface area contributed by atoms with E-state index in [-0.39, 0.29) is 39.5 Å². The molecule has 6 aliphatic rings. The molecule has 73 heavy (non-hydrogen) atoms. The Labute approximate surface area is 435 Å². The van der Waals surface area contributed by atoms with Crippen molar-refractivity contribution in [3.63, 3.8) is 0 Å². The fraction of sp³-hybridized carbons (Fsp3) is 0.304. The predicted octanol–water partition coefficient (Wildman–Crippen LogP) is 15.6. The lowest BCUT2D eigenvalue weighted by Crippen LogP contribution is -2.64. The van der Waals surface area contributed by atoms with Gasteiger partial charge in [-0.1, -0.05) is 201 Å². The Hall–Kier alpha value is -6.78. The smallest absolute Gasteiger partial charge is 0.252 e. The van der Waals surface area contributed by atoms with E-state index in [0.29, 0.717) is 0 Å². The van der Waals surface area contributed by atoms with E-state index in [1.807, 2.05) is 0 Å². The van der Waals surface area contributed by atoms with Gasteiger partial charge in [-0.3, -0.25) is 0 Å². The van der Waals surface area contributed by atoms with Crippen molar-refractivity contribution in [2.75, 3.05) is 14.7 Å². The van der Waals surface area contributed by atoms with E-state index >= 15 is 0 Å². The maximum absolute atomic E-state index is 2.90. The highest BCUT2D eigenvalue weighted by Gasteiger charge is 2.65. The first-order chi connectivity index (χ1) is 35.1. The van der Waals surface area contributed by atoms with E-state index < -0.39 is 0 Å². The molecule has 1 saturated carbocycles. The van der Waals surface area contributed by atoms with Gasteiger partial charge in [0.25, 0.3) is 6.71 Å². The van der Waals surface area contributed by atoms with Gasteiger partial charge < -0.3 is 14.7 Å². The lowest BCUT2D eigenvalue weighted by atomic mass is 9.33. The van der Waals surface area contributed by atoms with Crippen LogP contribution in [0.3, 0.4) is 0 Å². The zero-order chi connectivity index (χ0) is 50.0. The van der Waals surface area contributed by atoms with Crippen molar-refractivity contribution in [2.45, 2.75) is 134 Å². The number of anilines is 7. The first-order valence-corrected chi connectivity index (χ1v) is 27.4. The Morgan fingerprint density at radius 1 is 0.479 bits per heavy atom. The van der Waals surface area contributed by atoms with Gasteiger partial charge in [0.1, 0.15) is 0 Å². The van der Waals surface area contributed by atoms with Crippen molar-refractivity contribution in [2.24, 2.45) is 0 Å². The molecule has 14 rings (SSSR count). The number of benzene rings is 8. The van der Waals surface area contributed by atoms with Gasteiger partial charge in [-0.15, -0.1) is 0 Å². The minimum absolute atomic E-state index is 0.0231. The number of hydrogen-bond acceptors (Lipinski definition) is 3. The van der Waals surface area contributed by atoms with Gasteiger partial charge in [0.15, 0.2) is 0 Å². The Balaban J connectivity index is 1.14. The average Bonchev–Trinajstić information content (AvgIpc) is 3.80. The molecule has 0 aromatic heterocycles. The molecule has 0 radical (unpaired) electrons. The van der Waals surface area contributed by atoms with Crippen LogP contribution in [0.2, 0.25) is 0 Å². The van der Waals surface area contributed by atoms with Crippen LogP contribution >= 0.6 is 0 Å². The van der Waals surface area contributed by atoms with Crippen molar-refractivity contribution in [1.29, 1.82) is 0 Å². The first kappa shape index (κ1) is 44.9. The van der Waals surface area contributed by atoms with Gasteiger partial charge in [0.2, 0.25) is 0 Å². The van der Waals surface area contributed by atoms with Gasteiger partial charge in [-0.25, -0.2) is 0 Å². The fourth-order valence-corrected chi connectivity index (χ4v) is 15.9. The van der Waals surface area contributed by atoms with Crippen LogP contribution in [0.25, 0.3) is 11.1 Å². The highest BCUT2D eigenvalue weighted by molar-refractivity contribution is 7.00. The molecule has 4 unspecified atom stereocenters. The summed E-state index contributed by atoms with van der Waals surface area (Å²) in [7, 11) is 0. The molecule has 0 saturated heterocycles. The second kappa shape index (κ2) is 15.2. The third kappa shape index (κ3) is 5.79. The van der Waals surface area contributed by atoms with Crippen LogP contribution < -0.4 is 31.1 Å². The van der Waals surface area contributed by atoms with Gasteiger partial charge in [0, 0.05) is 50.5 Å². The maximum atomic E-state index is 2.90. The summed E-state index contributed by atoms with van der Waals surface area (Å²) in [5.41, 5.74) is 24.9. The molecule has 0 N–H and O–H groups in total. The van der Waals surface area contributed by atoms with E-state index in [1.54, 1.807) is 0 Å². The number of rotatable bonds is 4. The Kier molecular flexibility index (Phi) is 9.32. The van der Waals surface area contributed by atoms with Crippen molar-refractivity contribution in [1.82, 2.24) is 0 Å². The average molecular weight is 950 g/mol. The lowest BCUT2D eigenvalue weighted by molar-refractivity contribution is 0.215. The molecule has 0 amide bonds. The summed E-state index contributed by atoms with van der Waals surface area (Å²) in [4.78, 5) is 8.47. The summed E-state index contributed by atoms with van der Waals surface area (Å²) >= 11 is 0. The molecule has 1 fully saturated rings. The molecule has 0 bridgehead atoms. The largest absolute Gasteiger partial charge is 0.334 e. The molecule has 4 heterocycles. The monoisotopic (exact) mass is 950 g/mol. The number of nitrogens with zero attached hydrogens (tertiary/aromatic N) is 3. The molecule has 2 aliphatic carbocycles. The van der Waals surface area contributed by atoms with Crippen LogP contribution in [0.4, 0.5) is 39.8 Å². The summed E-state index contributed by atoms with van der Waals surface area (Å²) in [6.45, 7) is 22.0. The zero-order valence-electron chi connectivity index (χ0n) is 44.4. The Morgan fingerprint density at radius 2 is 1.11 bits per heavy atom. The zero-order valence-corrected chi connectivity index (χ0v) is 44.4. The molecule has 8 aromatic carbocycles. The minimum Gasteiger partial charge on any atom is -0.334 e. The molecule has 4 aliphatic heterocycles. The SMILES string of the molecule is CC(C)(C)c1ccc2c(c1)B1c3cccc4c3N(c3cc(N5c6ccccc6C6(c7ccccc7)CCCCC56C)cc(c31)N2c1ccc(C(C)(C)C)cc1-c1ccccc1)C1(C)c2ccccc2CCC41C. The van der Waals surface area contributed by atoms with Gasteiger partial charge in [-0.05, 0) is 148 Å². The molecule has 3 nitrogen and oxygen atoms in total. The van der Waals surface area contributed by atoms with Crippen molar-refractivity contribution < 1.29 is 0 Å². The molecule has 362 valence electrons. The molecule has 4 atom stereocenters. The minimum atomic E-state index is -0.356. The van der Waals surface area contributed by atoms with Crippen LogP contribution in [0.1, 0.15) is 133 Å². The summed E-state index contributed by atoms with van der Waals surface area (Å²) in [6.07, 6.45) is 6.79. The number of hydrogen-bond donors (Lipinski definition) is 0. The predicted molar refractivity (Wildman–Crippen MR) is 309 cm³/mol. The van der Waals surface area contributed by atoms with Crippen LogP contribution in [-0.4, -0.2) is 12.3 Å². The van der Waals surface area contributed by atoms with Gasteiger partial charge in [0.05, 0.1) is 16.8 Å². The van der Waals surface area contributed by atoms with Crippen molar-refractivity contribution >= 4 is 62.9 Å². The quantitative estimate of drug-likeness (QED) is 0.163. The molecule has 0 spiro atoms. The topological polar surface area (TPSA) is 9.72 Å². The highest BCUT2D eigenvalue weighted by atomic mass is 15.3. The second-order valence-electron chi connectivity index (χ2n) is 25.3. The van der Waals surface area contributed by atoms with Crippen LogP contribution in [0.15, 0.2) is 176 Å². The van der Waals surface area contributed by atoms with Crippen LogP contribution in [0.5, 0.6) is 0 Å². The van der Waals surface area contributed by atoms with E-state index in [4.69, 9.17) is 0 Å². The standard InChI is InChI=1S/C69H68BN3/c1-64(2,3)48-33-35-57(51(41-48)45-23-12-10-13-24-45)71-59-36-34-49(65(4,5)6)42-56(59)70-55-31-22-30-54-63(55)73(68(9)52-28-17-16-25-46(52)37-40-66(54,68)7)61-44-50(43-60(71)62(61)70)72-58-32-19-18-29-53(58)69(47-26-14-11-15-27-47)39-21-20-38-67(69,72)8/h10-19,22-36,41-44H,20-21,37-40H2,1-9H3. The maximum Gasteiger partial charge on any atom is 0.252 e. The van der Waals surface area contributed by atoms with E-state index in [0.717, 1.165) is 25.7 Å². The van der Waals surface area contributed by atoms with E-state index in [1.165, 1.54) is 119 Å². The van der Waals surface area contributed by atoms with E-state index in [9.17, 15) is 0 Å². The van der Waals surface area contributed by atoms with Crippen molar-refractivity contribution in [3.05, 3.63) is 215 Å². The normalized spacial score (nSPS) is 24.0. The summed E-state index contributed by atoms with van der Waals surface area (Å²) in [6, 6.07) is 69.3. The van der Waals surface area contributed by atoms with Crippen molar-refractivity contribution in [3.8, 4) is 11.1 Å². The second-order valence-corrected chi connectivity index (χ2v) is 25.3. The third-order valence-electron chi connectivity index (χ3n) is 19.7. The van der Waals surface area contributed by atoms with Crippen LogP contribution in [-0.2, 0) is 33.6 Å². The Morgan fingerprint density at radius 3 is 1.86 bits per heavy atom. The lowest BCUT2D eigenvalue weighted by Gasteiger charge is -2.54. The molecule has 8 aromatic rings. The van der Waals surface area contributed by atoms with Crippen LogP contribution in [0, 0.1) is 0 Å². The summed E-state index contributed by atoms with van der Waals surface area (Å²) in [5.74, 6) is 0. The number of para-hydroxylation sites is 2. The van der Waals surface area contributed by atoms with E-state index in [2.05, 4.69) is 253 Å². The molecular weight excluding hydrogens is 882 g/mol. The summed E-state index contributed by atoms with van der Waals surface area (Å²) < 4.78 is 0. The third-order valence-corrected chi connectivity index (χ3v) is 19.7.